The molecular weight excluding hydrogens is 222 g/mol. The molecule has 1 aromatic carbocycles. The molecule has 2 rings (SSSR count). The highest BCUT2D eigenvalue weighted by molar-refractivity contribution is 8.16. The monoisotopic (exact) mass is 235 g/mol. The summed E-state index contributed by atoms with van der Waals surface area (Å²) in [6, 6.07) is 10.1. The molecule has 0 bridgehead atoms. The summed E-state index contributed by atoms with van der Waals surface area (Å²) in [6.07, 6.45) is 0. The van der Waals surface area contributed by atoms with Crippen LogP contribution in [-0.2, 0) is 9.53 Å². The number of hydrogen-bond acceptors (Lipinski definition) is 4. The summed E-state index contributed by atoms with van der Waals surface area (Å²) in [7, 11) is 0. The predicted molar refractivity (Wildman–Crippen MR) is 65.7 cm³/mol. The molecule has 0 aliphatic carbocycles. The number of carbonyl (C=O) groups excluding carboxylic acids is 1. The van der Waals surface area contributed by atoms with Crippen molar-refractivity contribution in [1.29, 1.82) is 0 Å². The van der Waals surface area contributed by atoms with Crippen molar-refractivity contribution in [2.75, 3.05) is 13.2 Å². The number of thioether (sulfide) groups is 1. The fraction of sp³-hybridized carbons (Fsp3) is 0.333. The molecule has 1 aromatic rings. The molecule has 1 unspecified atom stereocenters. The molecule has 1 heterocycles. The average molecular weight is 235 g/mol. The molecule has 4 heteroatoms. The van der Waals surface area contributed by atoms with Crippen molar-refractivity contribution >= 4 is 22.8 Å². The second-order valence-corrected chi connectivity index (χ2v) is 4.57. The first-order chi connectivity index (χ1) is 7.81. The Balaban J connectivity index is 1.99. The Morgan fingerprint density at radius 2 is 2.25 bits per heavy atom. The van der Waals surface area contributed by atoms with E-state index in [1.807, 2.05) is 18.2 Å². The van der Waals surface area contributed by atoms with E-state index >= 15 is 0 Å². The molecular formula is C12H13NO2S. The quantitative estimate of drug-likeness (QED) is 0.755. The van der Waals surface area contributed by atoms with Crippen LogP contribution in [0.15, 0.2) is 35.3 Å². The lowest BCUT2D eigenvalue weighted by Gasteiger charge is -2.07. The highest BCUT2D eigenvalue weighted by Crippen LogP contribution is 2.35. The van der Waals surface area contributed by atoms with Crippen molar-refractivity contribution in [3.63, 3.8) is 0 Å². The summed E-state index contributed by atoms with van der Waals surface area (Å²) in [5, 5.41) is 0.747. The smallest absolute Gasteiger partial charge is 0.363 e. The Morgan fingerprint density at radius 3 is 2.94 bits per heavy atom. The molecule has 1 aliphatic rings. The largest absolute Gasteiger partial charge is 0.461 e. The molecule has 0 amide bonds. The Bertz CT molecular complexity index is 403. The predicted octanol–water partition coefficient (Wildman–Crippen LogP) is 2.44. The van der Waals surface area contributed by atoms with Gasteiger partial charge in [0.1, 0.15) is 0 Å². The Kier molecular flexibility index (Phi) is 3.62. The van der Waals surface area contributed by atoms with Gasteiger partial charge in [0.15, 0.2) is 5.04 Å². The first-order valence-electron chi connectivity index (χ1n) is 5.24. The molecule has 0 aromatic heterocycles. The molecule has 0 N–H and O–H groups in total. The lowest BCUT2D eigenvalue weighted by molar-refractivity contribution is -0.134. The summed E-state index contributed by atoms with van der Waals surface area (Å²) in [5.74, 6) is -0.300. The van der Waals surface area contributed by atoms with Gasteiger partial charge in [-0.15, -0.1) is 0 Å². The summed E-state index contributed by atoms with van der Waals surface area (Å²) < 4.78 is 4.92. The molecule has 84 valence electrons. The molecule has 16 heavy (non-hydrogen) atoms. The van der Waals surface area contributed by atoms with Crippen molar-refractivity contribution in [3.05, 3.63) is 35.9 Å². The molecule has 0 radical (unpaired) electrons. The van der Waals surface area contributed by atoms with Gasteiger partial charge in [0.05, 0.1) is 18.4 Å². The van der Waals surface area contributed by atoms with Gasteiger partial charge in [-0.05, 0) is 12.5 Å². The lowest BCUT2D eigenvalue weighted by atomic mass is 10.1. The number of carbonyl (C=O) groups is 1. The number of aliphatic imine (C=N–C) groups is 1. The Hall–Kier alpha value is -1.29. The molecule has 0 saturated heterocycles. The van der Waals surface area contributed by atoms with Gasteiger partial charge >= 0.3 is 5.97 Å². The van der Waals surface area contributed by atoms with Gasteiger partial charge in [0.2, 0.25) is 0 Å². The average Bonchev–Trinajstić information content (AvgIpc) is 2.80. The topological polar surface area (TPSA) is 38.7 Å². The van der Waals surface area contributed by atoms with E-state index in [-0.39, 0.29) is 11.2 Å². The van der Waals surface area contributed by atoms with Crippen molar-refractivity contribution < 1.29 is 9.53 Å². The number of esters is 1. The van der Waals surface area contributed by atoms with Crippen molar-refractivity contribution in [1.82, 2.24) is 0 Å². The SMILES string of the molecule is CCOC(=O)C1=NCC(c2ccccc2)S1. The molecule has 0 saturated carbocycles. The number of benzene rings is 1. The minimum atomic E-state index is -0.300. The van der Waals surface area contributed by atoms with Crippen LogP contribution in [0, 0.1) is 0 Å². The van der Waals surface area contributed by atoms with Crippen LogP contribution in [0.4, 0.5) is 0 Å². The van der Waals surface area contributed by atoms with Crippen molar-refractivity contribution in [3.8, 4) is 0 Å². The van der Waals surface area contributed by atoms with Gasteiger partial charge < -0.3 is 4.74 Å². The first kappa shape index (κ1) is 11.2. The standard InChI is InChI=1S/C12H13NO2S/c1-2-15-12(14)11-13-8-10(16-11)9-6-4-3-5-7-9/h3-7,10H,2,8H2,1H3. The second kappa shape index (κ2) is 5.16. The van der Waals surface area contributed by atoms with E-state index in [2.05, 4.69) is 17.1 Å². The third kappa shape index (κ3) is 2.44. The molecule has 0 fully saturated rings. The van der Waals surface area contributed by atoms with Crippen LogP contribution < -0.4 is 0 Å². The Morgan fingerprint density at radius 1 is 1.50 bits per heavy atom. The van der Waals surface area contributed by atoms with Crippen molar-refractivity contribution in [2.24, 2.45) is 4.99 Å². The molecule has 1 aliphatic heterocycles. The molecule has 1 atom stereocenters. The van der Waals surface area contributed by atoms with Crippen molar-refractivity contribution in [2.45, 2.75) is 12.2 Å². The van der Waals surface area contributed by atoms with E-state index in [0.29, 0.717) is 18.2 Å². The number of rotatable bonds is 3. The van der Waals surface area contributed by atoms with E-state index < -0.39 is 0 Å². The highest BCUT2D eigenvalue weighted by Gasteiger charge is 2.26. The van der Waals surface area contributed by atoms with Crippen LogP contribution in [0.2, 0.25) is 0 Å². The zero-order chi connectivity index (χ0) is 11.4. The minimum Gasteiger partial charge on any atom is -0.461 e. The van der Waals surface area contributed by atoms with Gasteiger partial charge in [0, 0.05) is 0 Å². The van der Waals surface area contributed by atoms with E-state index in [1.54, 1.807) is 6.92 Å². The van der Waals surface area contributed by atoms with Crippen LogP contribution in [0.5, 0.6) is 0 Å². The van der Waals surface area contributed by atoms with Crippen LogP contribution >= 0.6 is 11.8 Å². The van der Waals surface area contributed by atoms with E-state index in [9.17, 15) is 4.79 Å². The number of nitrogens with zero attached hydrogens (tertiary/aromatic N) is 1. The summed E-state index contributed by atoms with van der Waals surface area (Å²) in [5.41, 5.74) is 1.20. The summed E-state index contributed by atoms with van der Waals surface area (Å²) in [6.45, 7) is 2.85. The van der Waals surface area contributed by atoms with Crippen LogP contribution in [0.3, 0.4) is 0 Å². The minimum absolute atomic E-state index is 0.251. The first-order valence-corrected chi connectivity index (χ1v) is 6.12. The summed E-state index contributed by atoms with van der Waals surface area (Å²) in [4.78, 5) is 15.7. The van der Waals surface area contributed by atoms with E-state index in [1.165, 1.54) is 17.3 Å². The maximum atomic E-state index is 11.4. The van der Waals surface area contributed by atoms with Gasteiger partial charge in [-0.2, -0.15) is 0 Å². The highest BCUT2D eigenvalue weighted by atomic mass is 32.2. The number of ether oxygens (including phenoxy) is 1. The van der Waals surface area contributed by atoms with E-state index in [4.69, 9.17) is 4.74 Å². The van der Waals surface area contributed by atoms with E-state index in [0.717, 1.165) is 0 Å². The zero-order valence-corrected chi connectivity index (χ0v) is 9.87. The normalized spacial score (nSPS) is 19.3. The zero-order valence-electron chi connectivity index (χ0n) is 9.05. The molecule has 3 nitrogen and oxygen atoms in total. The van der Waals surface area contributed by atoms with Crippen LogP contribution in [-0.4, -0.2) is 24.2 Å². The Labute approximate surface area is 98.9 Å². The third-order valence-electron chi connectivity index (χ3n) is 2.28. The van der Waals surface area contributed by atoms with Gasteiger partial charge in [-0.25, -0.2) is 4.79 Å². The fourth-order valence-corrected chi connectivity index (χ4v) is 2.54. The van der Waals surface area contributed by atoms with Gasteiger partial charge in [-0.3, -0.25) is 4.99 Å². The maximum absolute atomic E-state index is 11.4. The molecule has 0 spiro atoms. The lowest BCUT2D eigenvalue weighted by Crippen LogP contribution is -2.12. The van der Waals surface area contributed by atoms with Gasteiger partial charge in [0.25, 0.3) is 0 Å². The van der Waals surface area contributed by atoms with Crippen LogP contribution in [0.1, 0.15) is 17.7 Å². The fourth-order valence-electron chi connectivity index (χ4n) is 1.52. The third-order valence-corrected chi connectivity index (χ3v) is 3.50. The number of hydrogen-bond donors (Lipinski definition) is 0. The van der Waals surface area contributed by atoms with Crippen LogP contribution in [0.25, 0.3) is 0 Å². The maximum Gasteiger partial charge on any atom is 0.363 e. The van der Waals surface area contributed by atoms with Gasteiger partial charge in [-0.1, -0.05) is 42.1 Å². The summed E-state index contributed by atoms with van der Waals surface area (Å²) >= 11 is 1.49. The second-order valence-electron chi connectivity index (χ2n) is 3.38.